The first-order chi connectivity index (χ1) is 6.27. The molecule has 0 unspecified atom stereocenters. The molecule has 0 bridgehead atoms. The van der Waals surface area contributed by atoms with Crippen molar-refractivity contribution in [2.45, 2.75) is 6.54 Å². The van der Waals surface area contributed by atoms with E-state index in [1.54, 1.807) is 12.1 Å². The smallest absolute Gasteiger partial charge is 0.141 e. The van der Waals surface area contributed by atoms with Crippen LogP contribution in [0.1, 0.15) is 11.1 Å². The average Bonchev–Trinajstić information content (AvgIpc) is 2.15. The first kappa shape index (κ1) is 10.4. The molecule has 0 aliphatic heterocycles. The summed E-state index contributed by atoms with van der Waals surface area (Å²) < 4.78 is 13.8. The summed E-state index contributed by atoms with van der Waals surface area (Å²) in [7, 11) is 0. The summed E-state index contributed by atoms with van der Waals surface area (Å²) in [4.78, 5) is 0. The summed E-state index contributed by atoms with van der Waals surface area (Å²) in [6.07, 6.45) is 0. The van der Waals surface area contributed by atoms with E-state index >= 15 is 0 Å². The Morgan fingerprint density at radius 3 is 2.85 bits per heavy atom. The van der Waals surface area contributed by atoms with E-state index in [-0.39, 0.29) is 5.56 Å². The van der Waals surface area contributed by atoms with E-state index in [1.165, 1.54) is 12.1 Å². The monoisotopic (exact) mass is 290 g/mol. The van der Waals surface area contributed by atoms with Gasteiger partial charge in [0.05, 0.1) is 5.56 Å². The number of alkyl halides is 1. The van der Waals surface area contributed by atoms with Crippen LogP contribution in [-0.4, -0.2) is 4.55 Å². The Balaban J connectivity index is 2.79. The van der Waals surface area contributed by atoms with Crippen molar-refractivity contribution in [2.24, 2.45) is 0 Å². The van der Waals surface area contributed by atoms with Gasteiger partial charge in [0.25, 0.3) is 0 Å². The van der Waals surface area contributed by atoms with Gasteiger partial charge in [-0.1, -0.05) is 28.7 Å². The molecule has 1 rings (SSSR count). The number of hydrogen-bond donors (Lipinski definition) is 1. The number of benzene rings is 1. The Bertz CT molecular complexity index is 333. The molecule has 0 fully saturated rings. The van der Waals surface area contributed by atoms with E-state index in [0.29, 0.717) is 6.54 Å². The van der Waals surface area contributed by atoms with Crippen LogP contribution >= 0.6 is 22.6 Å². The third kappa shape index (κ3) is 2.94. The Morgan fingerprint density at radius 1 is 1.54 bits per heavy atom. The maximum Gasteiger partial charge on any atom is 0.141 e. The largest absolute Gasteiger partial charge is 0.304 e. The van der Waals surface area contributed by atoms with Gasteiger partial charge >= 0.3 is 0 Å². The normalized spacial score (nSPS) is 9.62. The van der Waals surface area contributed by atoms with Gasteiger partial charge in [0.2, 0.25) is 0 Å². The molecule has 0 aromatic heterocycles. The van der Waals surface area contributed by atoms with Crippen LogP contribution in [0.5, 0.6) is 0 Å². The van der Waals surface area contributed by atoms with Gasteiger partial charge in [-0.2, -0.15) is 5.26 Å². The van der Waals surface area contributed by atoms with E-state index in [4.69, 9.17) is 5.26 Å². The van der Waals surface area contributed by atoms with Gasteiger partial charge in [0.1, 0.15) is 11.9 Å². The van der Waals surface area contributed by atoms with Crippen molar-refractivity contribution in [1.29, 1.82) is 5.26 Å². The second-order valence-electron chi connectivity index (χ2n) is 2.49. The minimum absolute atomic E-state index is 0.0956. The molecule has 68 valence electrons. The fourth-order valence-electron chi connectivity index (χ4n) is 0.951. The Morgan fingerprint density at radius 2 is 2.31 bits per heavy atom. The van der Waals surface area contributed by atoms with E-state index in [9.17, 15) is 4.39 Å². The van der Waals surface area contributed by atoms with Gasteiger partial charge in [0, 0.05) is 11.1 Å². The summed E-state index contributed by atoms with van der Waals surface area (Å²) in [5, 5.41) is 11.5. The van der Waals surface area contributed by atoms with Gasteiger partial charge in [-0.05, 0) is 17.7 Å². The number of rotatable bonds is 3. The van der Waals surface area contributed by atoms with Gasteiger partial charge in [-0.3, -0.25) is 0 Å². The highest BCUT2D eigenvalue weighted by Crippen LogP contribution is 2.09. The number of nitriles is 1. The van der Waals surface area contributed by atoms with Crippen LogP contribution in [0.15, 0.2) is 18.2 Å². The molecular weight excluding hydrogens is 282 g/mol. The Kier molecular flexibility index (Phi) is 4.12. The van der Waals surface area contributed by atoms with Gasteiger partial charge in [-0.25, -0.2) is 4.39 Å². The summed E-state index contributed by atoms with van der Waals surface area (Å²) in [6, 6.07) is 6.42. The van der Waals surface area contributed by atoms with Crippen LogP contribution in [0.2, 0.25) is 0 Å². The third-order valence-electron chi connectivity index (χ3n) is 1.58. The van der Waals surface area contributed by atoms with Crippen LogP contribution in [0.25, 0.3) is 0 Å². The lowest BCUT2D eigenvalue weighted by Gasteiger charge is -2.01. The van der Waals surface area contributed by atoms with Crippen LogP contribution in [-0.2, 0) is 6.54 Å². The molecule has 0 spiro atoms. The SMILES string of the molecule is N#Cc1ccc(CNCI)cc1F. The van der Waals surface area contributed by atoms with Crippen LogP contribution in [0, 0.1) is 17.1 Å². The highest BCUT2D eigenvalue weighted by Gasteiger charge is 2.01. The molecule has 0 saturated carbocycles. The van der Waals surface area contributed by atoms with Crippen molar-refractivity contribution in [3.8, 4) is 6.07 Å². The first-order valence-corrected chi connectivity index (χ1v) is 5.25. The number of nitrogens with one attached hydrogen (secondary N) is 1. The number of hydrogen-bond acceptors (Lipinski definition) is 2. The van der Waals surface area contributed by atoms with Crippen LogP contribution in [0.3, 0.4) is 0 Å². The van der Waals surface area contributed by atoms with Crippen molar-refractivity contribution in [1.82, 2.24) is 5.32 Å². The molecule has 1 aromatic rings. The standard InChI is InChI=1S/C9H8FIN2/c10-9-3-7(5-13-6-11)1-2-8(9)4-12/h1-3,13H,5-6H2. The maximum absolute atomic E-state index is 13.0. The summed E-state index contributed by atoms with van der Waals surface area (Å²) in [5.74, 6) is -0.449. The summed E-state index contributed by atoms with van der Waals surface area (Å²) in [5.41, 5.74) is 0.950. The lowest BCUT2D eigenvalue weighted by molar-refractivity contribution is 0.620. The fraction of sp³-hybridized carbons (Fsp3) is 0.222. The van der Waals surface area contributed by atoms with Crippen molar-refractivity contribution in [3.63, 3.8) is 0 Å². The Labute approximate surface area is 89.9 Å². The summed E-state index contributed by atoms with van der Waals surface area (Å²) >= 11 is 2.18. The van der Waals surface area contributed by atoms with Gasteiger partial charge in [0.15, 0.2) is 0 Å². The molecule has 4 heteroatoms. The van der Waals surface area contributed by atoms with E-state index in [1.807, 2.05) is 0 Å². The lowest BCUT2D eigenvalue weighted by Crippen LogP contribution is -2.09. The molecule has 0 aliphatic rings. The van der Waals surface area contributed by atoms with Crippen molar-refractivity contribution in [2.75, 3.05) is 4.55 Å². The highest BCUT2D eigenvalue weighted by molar-refractivity contribution is 14.1. The minimum atomic E-state index is -0.449. The maximum atomic E-state index is 13.0. The molecule has 0 radical (unpaired) electrons. The molecule has 13 heavy (non-hydrogen) atoms. The average molecular weight is 290 g/mol. The zero-order valence-electron chi connectivity index (χ0n) is 6.85. The molecule has 0 amide bonds. The minimum Gasteiger partial charge on any atom is -0.304 e. The molecule has 0 aliphatic carbocycles. The summed E-state index contributed by atoms with van der Waals surface area (Å²) in [6.45, 7) is 0.631. The molecule has 0 heterocycles. The van der Waals surface area contributed by atoms with E-state index < -0.39 is 5.82 Å². The molecule has 1 N–H and O–H groups in total. The predicted octanol–water partition coefficient (Wildman–Crippen LogP) is 2.18. The van der Waals surface area contributed by atoms with Crippen molar-refractivity contribution in [3.05, 3.63) is 35.1 Å². The second-order valence-corrected chi connectivity index (χ2v) is 3.25. The predicted molar refractivity (Wildman–Crippen MR) is 56.8 cm³/mol. The molecule has 1 aromatic carbocycles. The Hall–Kier alpha value is -0.670. The van der Waals surface area contributed by atoms with Gasteiger partial charge < -0.3 is 5.32 Å². The van der Waals surface area contributed by atoms with E-state index in [0.717, 1.165) is 10.1 Å². The van der Waals surface area contributed by atoms with E-state index in [2.05, 4.69) is 27.9 Å². The lowest BCUT2D eigenvalue weighted by atomic mass is 10.1. The topological polar surface area (TPSA) is 35.8 Å². The molecular formula is C9H8FIN2. The molecule has 0 saturated heterocycles. The zero-order chi connectivity index (χ0) is 9.68. The van der Waals surface area contributed by atoms with Crippen LogP contribution < -0.4 is 5.32 Å². The van der Waals surface area contributed by atoms with Gasteiger partial charge in [-0.15, -0.1) is 0 Å². The highest BCUT2D eigenvalue weighted by atomic mass is 127. The number of halogens is 2. The van der Waals surface area contributed by atoms with Crippen molar-refractivity contribution < 1.29 is 4.39 Å². The second kappa shape index (κ2) is 5.14. The molecule has 2 nitrogen and oxygen atoms in total. The quantitative estimate of drug-likeness (QED) is 0.526. The fourth-order valence-corrected chi connectivity index (χ4v) is 1.22. The van der Waals surface area contributed by atoms with Crippen LogP contribution in [0.4, 0.5) is 4.39 Å². The number of nitrogens with zero attached hydrogens (tertiary/aromatic N) is 1. The van der Waals surface area contributed by atoms with Crippen molar-refractivity contribution >= 4 is 22.6 Å². The first-order valence-electron chi connectivity index (χ1n) is 3.73. The third-order valence-corrected chi connectivity index (χ3v) is 2.12. The molecule has 0 atom stereocenters. The zero-order valence-corrected chi connectivity index (χ0v) is 9.01.